The summed E-state index contributed by atoms with van der Waals surface area (Å²) in [5, 5.41) is 9.77. The molecule has 1 amide bonds. The van der Waals surface area contributed by atoms with Crippen LogP contribution in [-0.4, -0.2) is 38.0 Å². The molecule has 0 saturated heterocycles. The largest absolute Gasteiger partial charge is 0.480 e. The molecular weight excluding hydrogens is 375 g/mol. The third-order valence-corrected chi connectivity index (χ3v) is 3.58. The van der Waals surface area contributed by atoms with Gasteiger partial charge in [-0.1, -0.05) is 48.7 Å². The average Bonchev–Trinajstić information content (AvgIpc) is 2.87. The topological polar surface area (TPSA) is 79.7 Å². The van der Waals surface area contributed by atoms with Crippen LogP contribution in [0.5, 0.6) is 0 Å². The van der Waals surface area contributed by atoms with Gasteiger partial charge in [0.15, 0.2) is 0 Å². The summed E-state index contributed by atoms with van der Waals surface area (Å²) in [7, 11) is 0. The summed E-state index contributed by atoms with van der Waals surface area (Å²) in [5.41, 5.74) is 0. The lowest BCUT2D eigenvalue weighted by molar-refractivity contribution is -0.138. The minimum absolute atomic E-state index is 0.0532. The van der Waals surface area contributed by atoms with E-state index in [2.05, 4.69) is 4.37 Å². The standard InChI is InChI=1S/C12H15Cl3N2O4S/c1-7(2)5-8(10(18)19)17(9-3-4-16-22-9)11(20)21-6-12(13,14)15/h3-4,7-8H,5-6H2,1-2H3,(H,18,19)/t8-/m0/s1. The summed E-state index contributed by atoms with van der Waals surface area (Å²) < 4.78 is 7.02. The SMILES string of the molecule is CC(C)C[C@@H](C(=O)O)N(C(=O)OCC(Cl)(Cl)Cl)c1ccns1. The molecule has 1 aromatic heterocycles. The number of carbonyl (C=O) groups is 2. The molecule has 6 nitrogen and oxygen atoms in total. The van der Waals surface area contributed by atoms with Gasteiger partial charge in [-0.3, -0.25) is 4.90 Å². The molecule has 0 radical (unpaired) electrons. The molecule has 0 aliphatic carbocycles. The summed E-state index contributed by atoms with van der Waals surface area (Å²) >= 11 is 17.6. The first-order chi connectivity index (χ1) is 10.1. The molecule has 0 aliphatic rings. The zero-order valence-electron chi connectivity index (χ0n) is 11.8. The first-order valence-electron chi connectivity index (χ1n) is 6.28. The first-order valence-corrected chi connectivity index (χ1v) is 8.18. The number of rotatable bonds is 6. The number of hydrogen-bond donors (Lipinski definition) is 1. The van der Waals surface area contributed by atoms with Crippen LogP contribution in [0.3, 0.4) is 0 Å². The van der Waals surface area contributed by atoms with Crippen LogP contribution in [0.4, 0.5) is 9.80 Å². The highest BCUT2D eigenvalue weighted by Crippen LogP contribution is 2.29. The Morgan fingerprint density at radius 1 is 1.45 bits per heavy atom. The van der Waals surface area contributed by atoms with Crippen LogP contribution in [0, 0.1) is 5.92 Å². The monoisotopic (exact) mass is 388 g/mol. The fourth-order valence-corrected chi connectivity index (χ4v) is 2.49. The molecule has 1 atom stereocenters. The van der Waals surface area contributed by atoms with Crippen molar-refractivity contribution < 1.29 is 19.4 Å². The lowest BCUT2D eigenvalue weighted by Gasteiger charge is -2.28. The minimum Gasteiger partial charge on any atom is -0.480 e. The molecule has 10 heteroatoms. The van der Waals surface area contributed by atoms with Crippen molar-refractivity contribution in [3.63, 3.8) is 0 Å². The van der Waals surface area contributed by atoms with Gasteiger partial charge in [0, 0.05) is 6.20 Å². The molecule has 0 bridgehead atoms. The maximum Gasteiger partial charge on any atom is 0.415 e. The summed E-state index contributed by atoms with van der Waals surface area (Å²) in [6.07, 6.45) is 0.809. The van der Waals surface area contributed by atoms with Gasteiger partial charge < -0.3 is 9.84 Å². The van der Waals surface area contributed by atoms with Crippen LogP contribution in [-0.2, 0) is 9.53 Å². The highest BCUT2D eigenvalue weighted by Gasteiger charge is 2.35. The van der Waals surface area contributed by atoms with Crippen molar-refractivity contribution in [2.75, 3.05) is 11.5 Å². The Labute approximate surface area is 147 Å². The van der Waals surface area contributed by atoms with Crippen molar-refractivity contribution in [2.45, 2.75) is 30.1 Å². The Morgan fingerprint density at radius 2 is 2.09 bits per heavy atom. The number of aliphatic carboxylic acids is 1. The van der Waals surface area contributed by atoms with Gasteiger partial charge >= 0.3 is 12.1 Å². The summed E-state index contributed by atoms with van der Waals surface area (Å²) in [6, 6.07) is 0.431. The van der Waals surface area contributed by atoms with Crippen LogP contribution in [0.15, 0.2) is 12.3 Å². The third kappa shape index (κ3) is 6.16. The second kappa shape index (κ2) is 8.19. The average molecular weight is 390 g/mol. The number of aromatic nitrogens is 1. The number of carbonyl (C=O) groups excluding carboxylic acids is 1. The predicted octanol–water partition coefficient (Wildman–Crippen LogP) is 3.96. The molecule has 0 saturated carbocycles. The van der Waals surface area contributed by atoms with Crippen molar-refractivity contribution in [2.24, 2.45) is 5.92 Å². The third-order valence-electron chi connectivity index (χ3n) is 2.51. The number of amides is 1. The molecule has 22 heavy (non-hydrogen) atoms. The number of ether oxygens (including phenoxy) is 1. The molecule has 0 unspecified atom stereocenters. The van der Waals surface area contributed by atoms with Crippen LogP contribution in [0.1, 0.15) is 20.3 Å². The van der Waals surface area contributed by atoms with Crippen molar-refractivity contribution in [3.05, 3.63) is 12.3 Å². The van der Waals surface area contributed by atoms with Crippen molar-refractivity contribution in [1.29, 1.82) is 0 Å². The van der Waals surface area contributed by atoms with Gasteiger partial charge in [-0.05, 0) is 29.9 Å². The molecule has 0 fully saturated rings. The molecule has 0 spiro atoms. The van der Waals surface area contributed by atoms with Gasteiger partial charge in [0.1, 0.15) is 17.6 Å². The highest BCUT2D eigenvalue weighted by atomic mass is 35.6. The zero-order valence-corrected chi connectivity index (χ0v) is 14.9. The Bertz CT molecular complexity index is 505. The fraction of sp³-hybridized carbons (Fsp3) is 0.583. The Hall–Kier alpha value is -0.760. The second-order valence-corrected chi connectivity index (χ2v) is 8.20. The van der Waals surface area contributed by atoms with Gasteiger partial charge in [0.05, 0.1) is 0 Å². The number of halogens is 3. The van der Waals surface area contributed by atoms with Crippen molar-refractivity contribution in [3.8, 4) is 0 Å². The summed E-state index contributed by atoms with van der Waals surface area (Å²) in [5.74, 6) is -1.09. The second-order valence-electron chi connectivity index (χ2n) is 4.87. The Balaban J connectivity index is 3.02. The number of hydrogen-bond acceptors (Lipinski definition) is 5. The van der Waals surface area contributed by atoms with E-state index in [9.17, 15) is 14.7 Å². The molecule has 1 N–H and O–H groups in total. The predicted molar refractivity (Wildman–Crippen MR) is 87.1 cm³/mol. The highest BCUT2D eigenvalue weighted by molar-refractivity contribution is 7.10. The lowest BCUT2D eigenvalue weighted by atomic mass is 10.0. The van der Waals surface area contributed by atoms with Crippen LogP contribution < -0.4 is 4.90 Å². The van der Waals surface area contributed by atoms with Gasteiger partial charge in [-0.15, -0.1) is 0 Å². The lowest BCUT2D eigenvalue weighted by Crippen LogP contribution is -2.46. The Morgan fingerprint density at radius 3 is 2.50 bits per heavy atom. The van der Waals surface area contributed by atoms with E-state index in [0.29, 0.717) is 5.00 Å². The smallest absolute Gasteiger partial charge is 0.415 e. The van der Waals surface area contributed by atoms with Crippen LogP contribution in [0.25, 0.3) is 0 Å². The molecular formula is C12H15Cl3N2O4S. The van der Waals surface area contributed by atoms with E-state index in [0.717, 1.165) is 16.4 Å². The molecule has 1 aromatic rings. The molecule has 0 aliphatic heterocycles. The normalized spacial score (nSPS) is 13.0. The maximum absolute atomic E-state index is 12.3. The maximum atomic E-state index is 12.3. The van der Waals surface area contributed by atoms with E-state index in [1.54, 1.807) is 0 Å². The van der Waals surface area contributed by atoms with Crippen LogP contribution >= 0.6 is 46.3 Å². The molecule has 1 heterocycles. The molecule has 124 valence electrons. The van der Waals surface area contributed by atoms with E-state index in [1.165, 1.54) is 12.3 Å². The fourth-order valence-electron chi connectivity index (χ4n) is 1.68. The summed E-state index contributed by atoms with van der Waals surface area (Å²) in [6.45, 7) is 3.22. The van der Waals surface area contributed by atoms with Crippen LogP contribution in [0.2, 0.25) is 0 Å². The van der Waals surface area contributed by atoms with E-state index in [4.69, 9.17) is 39.5 Å². The first kappa shape index (κ1) is 19.3. The Kier molecular flexibility index (Phi) is 7.18. The van der Waals surface area contributed by atoms with Crippen molar-refractivity contribution in [1.82, 2.24) is 4.37 Å². The van der Waals surface area contributed by atoms with Gasteiger partial charge in [0.2, 0.25) is 3.79 Å². The van der Waals surface area contributed by atoms with Crippen molar-refractivity contribution >= 4 is 63.4 Å². The van der Waals surface area contributed by atoms with Gasteiger partial charge in [-0.25, -0.2) is 9.59 Å². The van der Waals surface area contributed by atoms with E-state index >= 15 is 0 Å². The zero-order chi connectivity index (χ0) is 16.9. The molecule has 1 rings (SSSR count). The minimum atomic E-state index is -1.77. The number of nitrogens with zero attached hydrogens (tertiary/aromatic N) is 2. The van der Waals surface area contributed by atoms with Gasteiger partial charge in [0.25, 0.3) is 0 Å². The quantitative estimate of drug-likeness (QED) is 0.745. The van der Waals surface area contributed by atoms with E-state index in [-0.39, 0.29) is 12.3 Å². The van der Waals surface area contributed by atoms with Gasteiger partial charge in [-0.2, -0.15) is 4.37 Å². The number of carboxylic acid groups (broad SMARTS) is 1. The number of carboxylic acids is 1. The number of anilines is 1. The molecule has 0 aromatic carbocycles. The van der Waals surface area contributed by atoms with E-state index < -0.39 is 28.5 Å². The number of alkyl halides is 3. The van der Waals surface area contributed by atoms with E-state index in [1.807, 2.05) is 13.8 Å². The summed E-state index contributed by atoms with van der Waals surface area (Å²) in [4.78, 5) is 24.8.